The molecular formula is C18H16Br2O5. The first-order valence-electron chi connectivity index (χ1n) is 7.47. The Hall–Kier alpha value is -1.86. The predicted octanol–water partition coefficient (Wildman–Crippen LogP) is 4.68. The van der Waals surface area contributed by atoms with Crippen molar-refractivity contribution in [3.63, 3.8) is 0 Å². The van der Waals surface area contributed by atoms with E-state index in [4.69, 9.17) is 14.2 Å². The van der Waals surface area contributed by atoms with Gasteiger partial charge < -0.3 is 14.2 Å². The maximum atomic E-state index is 12.0. The Morgan fingerprint density at radius 3 is 2.40 bits per heavy atom. The quantitative estimate of drug-likeness (QED) is 0.452. The van der Waals surface area contributed by atoms with E-state index in [2.05, 4.69) is 31.9 Å². The number of hydrogen-bond donors (Lipinski definition) is 0. The highest BCUT2D eigenvalue weighted by Crippen LogP contribution is 2.27. The Bertz CT molecular complexity index is 789. The summed E-state index contributed by atoms with van der Waals surface area (Å²) in [6.45, 7) is 3.68. The lowest BCUT2D eigenvalue weighted by Gasteiger charge is -2.10. The third-order valence-corrected chi connectivity index (χ3v) is 4.26. The molecule has 0 aliphatic rings. The average Bonchev–Trinajstić information content (AvgIpc) is 2.56. The summed E-state index contributed by atoms with van der Waals surface area (Å²) in [7, 11) is 0. The number of rotatable bonds is 6. The maximum Gasteiger partial charge on any atom is 0.349 e. The summed E-state index contributed by atoms with van der Waals surface area (Å²) in [4.78, 5) is 23.6. The minimum Gasteiger partial charge on any atom is -0.482 e. The van der Waals surface area contributed by atoms with Gasteiger partial charge in [0.25, 0.3) is 0 Å². The van der Waals surface area contributed by atoms with Crippen LogP contribution in [0.15, 0.2) is 45.3 Å². The van der Waals surface area contributed by atoms with Gasteiger partial charge in [0.15, 0.2) is 6.61 Å². The van der Waals surface area contributed by atoms with E-state index in [9.17, 15) is 9.59 Å². The number of carbonyl (C=O) groups excluding carboxylic acids is 2. The smallest absolute Gasteiger partial charge is 0.349 e. The topological polar surface area (TPSA) is 61.8 Å². The number of hydrogen-bond acceptors (Lipinski definition) is 5. The van der Waals surface area contributed by atoms with Crippen LogP contribution in [-0.4, -0.2) is 25.2 Å². The van der Waals surface area contributed by atoms with E-state index < -0.39 is 11.9 Å². The molecule has 0 heterocycles. The van der Waals surface area contributed by atoms with E-state index in [-0.39, 0.29) is 6.61 Å². The van der Waals surface area contributed by atoms with Gasteiger partial charge in [0.05, 0.1) is 16.6 Å². The molecule has 2 aromatic rings. The van der Waals surface area contributed by atoms with Crippen LogP contribution < -0.4 is 9.47 Å². The van der Waals surface area contributed by atoms with Crippen molar-refractivity contribution < 1.29 is 23.8 Å². The summed E-state index contributed by atoms with van der Waals surface area (Å²) in [5.74, 6) is -0.0759. The van der Waals surface area contributed by atoms with Gasteiger partial charge >= 0.3 is 11.9 Å². The highest BCUT2D eigenvalue weighted by molar-refractivity contribution is 9.10. The number of benzene rings is 2. The molecule has 25 heavy (non-hydrogen) atoms. The Kier molecular flexibility index (Phi) is 7.01. The fourth-order valence-corrected chi connectivity index (χ4v) is 2.92. The minimum absolute atomic E-state index is 0.228. The number of esters is 2. The van der Waals surface area contributed by atoms with Crippen molar-refractivity contribution in [2.24, 2.45) is 0 Å². The van der Waals surface area contributed by atoms with Crippen LogP contribution in [0.25, 0.3) is 0 Å². The molecule has 0 N–H and O–H groups in total. The van der Waals surface area contributed by atoms with Crippen molar-refractivity contribution in [1.29, 1.82) is 0 Å². The molecule has 0 aliphatic carbocycles. The first-order valence-corrected chi connectivity index (χ1v) is 9.05. The molecule has 2 aromatic carbocycles. The van der Waals surface area contributed by atoms with Gasteiger partial charge in [0.2, 0.25) is 0 Å². The van der Waals surface area contributed by atoms with E-state index in [1.54, 1.807) is 19.1 Å². The zero-order chi connectivity index (χ0) is 18.4. The number of ether oxygens (including phenoxy) is 3. The Morgan fingerprint density at radius 1 is 1.04 bits per heavy atom. The van der Waals surface area contributed by atoms with Crippen molar-refractivity contribution >= 4 is 43.8 Å². The molecule has 5 nitrogen and oxygen atoms in total. The largest absolute Gasteiger partial charge is 0.482 e. The lowest BCUT2D eigenvalue weighted by Crippen LogP contribution is -2.18. The normalized spacial score (nSPS) is 10.2. The van der Waals surface area contributed by atoms with Crippen LogP contribution >= 0.6 is 31.9 Å². The summed E-state index contributed by atoms with van der Waals surface area (Å²) in [5, 5.41) is 0. The third-order valence-electron chi connectivity index (χ3n) is 3.15. The molecule has 0 radical (unpaired) electrons. The summed E-state index contributed by atoms with van der Waals surface area (Å²) >= 11 is 6.65. The van der Waals surface area contributed by atoms with Gasteiger partial charge in [-0.15, -0.1) is 0 Å². The van der Waals surface area contributed by atoms with Crippen LogP contribution in [-0.2, 0) is 9.53 Å². The van der Waals surface area contributed by atoms with Crippen LogP contribution in [0.2, 0.25) is 0 Å². The SMILES string of the molecule is CCOC(=O)c1ccc(OC(=O)COc2ccc(Br)cc2C)c(Br)c1. The molecule has 0 bridgehead atoms. The molecule has 2 rings (SSSR count). The van der Waals surface area contributed by atoms with Crippen LogP contribution in [0.4, 0.5) is 0 Å². The minimum atomic E-state index is -0.549. The zero-order valence-electron chi connectivity index (χ0n) is 13.7. The molecule has 0 unspecified atom stereocenters. The van der Waals surface area contributed by atoms with E-state index >= 15 is 0 Å². The summed E-state index contributed by atoms with van der Waals surface area (Å²) in [5.41, 5.74) is 1.28. The van der Waals surface area contributed by atoms with Gasteiger partial charge in [-0.05, 0) is 71.7 Å². The molecule has 0 amide bonds. The standard InChI is InChI=1S/C18H16Br2O5/c1-3-23-18(22)12-4-6-16(14(20)9-12)25-17(21)10-24-15-7-5-13(19)8-11(15)2/h4-9H,3,10H2,1-2H3. The Balaban J connectivity index is 1.97. The Labute approximate surface area is 162 Å². The number of carbonyl (C=O) groups is 2. The number of aryl methyl sites for hydroxylation is 1. The second kappa shape index (κ2) is 9.01. The first kappa shape index (κ1) is 19.5. The van der Waals surface area contributed by atoms with Crippen LogP contribution in [0, 0.1) is 6.92 Å². The first-order chi connectivity index (χ1) is 11.9. The van der Waals surface area contributed by atoms with Crippen LogP contribution in [0.5, 0.6) is 11.5 Å². The predicted molar refractivity (Wildman–Crippen MR) is 100 cm³/mol. The fourth-order valence-electron chi connectivity index (χ4n) is 1.99. The molecule has 0 atom stereocenters. The second-order valence-corrected chi connectivity index (χ2v) is 6.81. The van der Waals surface area contributed by atoms with E-state index in [1.807, 2.05) is 19.1 Å². The van der Waals surface area contributed by atoms with Gasteiger partial charge in [-0.1, -0.05) is 15.9 Å². The summed E-state index contributed by atoms with van der Waals surface area (Å²) < 4.78 is 17.1. The molecule has 7 heteroatoms. The van der Waals surface area contributed by atoms with Crippen molar-refractivity contribution in [2.45, 2.75) is 13.8 Å². The van der Waals surface area contributed by atoms with Crippen molar-refractivity contribution in [1.82, 2.24) is 0 Å². The van der Waals surface area contributed by atoms with E-state index in [1.165, 1.54) is 12.1 Å². The lowest BCUT2D eigenvalue weighted by atomic mass is 10.2. The molecule has 0 aromatic heterocycles. The van der Waals surface area contributed by atoms with E-state index in [0.717, 1.165) is 10.0 Å². The molecule has 0 aliphatic heterocycles. The molecule has 0 spiro atoms. The second-order valence-electron chi connectivity index (χ2n) is 5.04. The van der Waals surface area contributed by atoms with Crippen LogP contribution in [0.3, 0.4) is 0 Å². The average molecular weight is 472 g/mol. The highest BCUT2D eigenvalue weighted by atomic mass is 79.9. The monoisotopic (exact) mass is 470 g/mol. The van der Waals surface area contributed by atoms with E-state index in [0.29, 0.717) is 28.1 Å². The Morgan fingerprint density at radius 2 is 1.76 bits per heavy atom. The van der Waals surface area contributed by atoms with Crippen LogP contribution in [0.1, 0.15) is 22.8 Å². The molecule has 0 saturated carbocycles. The van der Waals surface area contributed by atoms with Gasteiger partial charge in [-0.2, -0.15) is 0 Å². The van der Waals surface area contributed by atoms with Gasteiger partial charge in [-0.25, -0.2) is 9.59 Å². The zero-order valence-corrected chi connectivity index (χ0v) is 16.8. The maximum absolute atomic E-state index is 12.0. The van der Waals surface area contributed by atoms with Gasteiger partial charge in [0.1, 0.15) is 11.5 Å². The van der Waals surface area contributed by atoms with Crippen molar-refractivity contribution in [3.8, 4) is 11.5 Å². The molecule has 0 fully saturated rings. The molecular weight excluding hydrogens is 456 g/mol. The lowest BCUT2D eigenvalue weighted by molar-refractivity contribution is -0.136. The molecule has 0 saturated heterocycles. The molecule has 132 valence electrons. The highest BCUT2D eigenvalue weighted by Gasteiger charge is 2.13. The fraction of sp³-hybridized carbons (Fsp3) is 0.222. The number of halogens is 2. The van der Waals surface area contributed by atoms with Gasteiger partial charge in [0, 0.05) is 4.47 Å². The van der Waals surface area contributed by atoms with Crippen molar-refractivity contribution in [3.05, 3.63) is 56.5 Å². The third kappa shape index (κ3) is 5.57. The summed E-state index contributed by atoms with van der Waals surface area (Å²) in [6, 6.07) is 10.1. The summed E-state index contributed by atoms with van der Waals surface area (Å²) in [6.07, 6.45) is 0. The van der Waals surface area contributed by atoms with Crippen molar-refractivity contribution in [2.75, 3.05) is 13.2 Å². The van der Waals surface area contributed by atoms with Gasteiger partial charge in [-0.3, -0.25) is 0 Å².